The summed E-state index contributed by atoms with van der Waals surface area (Å²) in [6, 6.07) is 28.3. The number of thioether (sulfide) groups is 1. The first-order valence-electron chi connectivity index (χ1n) is 12.0. The van der Waals surface area contributed by atoms with Crippen LogP contribution in [0.3, 0.4) is 0 Å². The molecule has 2 heterocycles. The molecule has 0 bridgehead atoms. The fourth-order valence-electron chi connectivity index (χ4n) is 4.16. The number of aromatic nitrogens is 4. The third kappa shape index (κ3) is 5.98. The minimum absolute atomic E-state index is 0.147. The molecule has 1 unspecified atom stereocenters. The molecule has 1 atom stereocenters. The van der Waals surface area contributed by atoms with Crippen molar-refractivity contribution in [2.45, 2.75) is 37.2 Å². The second kappa shape index (κ2) is 11.5. The van der Waals surface area contributed by atoms with Gasteiger partial charge in [-0.15, -0.1) is 21.5 Å². The normalized spacial score (nSPS) is 11.8. The fraction of sp³-hybridized carbons (Fsp3) is 0.172. The van der Waals surface area contributed by atoms with Crippen molar-refractivity contribution in [2.75, 3.05) is 0 Å². The van der Waals surface area contributed by atoms with Crippen molar-refractivity contribution in [1.29, 1.82) is 0 Å². The number of thiazole rings is 1. The third-order valence-corrected chi connectivity index (χ3v) is 8.02. The average molecular weight is 526 g/mol. The van der Waals surface area contributed by atoms with Crippen LogP contribution in [-0.4, -0.2) is 25.7 Å². The first-order chi connectivity index (χ1) is 18.1. The van der Waals surface area contributed by atoms with E-state index in [1.54, 1.807) is 11.8 Å². The summed E-state index contributed by atoms with van der Waals surface area (Å²) in [4.78, 5) is 17.8. The van der Waals surface area contributed by atoms with E-state index in [9.17, 15) is 4.79 Å². The van der Waals surface area contributed by atoms with Gasteiger partial charge < -0.3 is 5.32 Å². The Kier molecular flexibility index (Phi) is 7.77. The standard InChI is InChI=1S/C29H27N5OS2/c1-20-11-9-10-16-26(20)34-21(2)32-33-29(34)37-19-27-30-25(18-36-27)28(35)31-24(23-14-7-4-8-15-23)17-22-12-5-3-6-13-22/h3-16,18,24H,17,19H2,1-2H3,(H,31,35). The van der Waals surface area contributed by atoms with E-state index in [1.165, 1.54) is 16.9 Å². The van der Waals surface area contributed by atoms with Crippen LogP contribution < -0.4 is 5.32 Å². The van der Waals surface area contributed by atoms with Gasteiger partial charge in [0.2, 0.25) is 0 Å². The SMILES string of the molecule is Cc1ccccc1-n1c(C)nnc1SCc1nc(C(=O)NC(Cc2ccccc2)c2ccccc2)cs1. The maximum absolute atomic E-state index is 13.2. The zero-order valence-electron chi connectivity index (χ0n) is 20.7. The molecule has 2 aromatic heterocycles. The maximum atomic E-state index is 13.2. The molecule has 8 heteroatoms. The Hall–Kier alpha value is -3.75. The predicted octanol–water partition coefficient (Wildman–Crippen LogP) is 6.35. The third-order valence-electron chi connectivity index (χ3n) is 6.05. The molecule has 0 saturated carbocycles. The topological polar surface area (TPSA) is 72.7 Å². The zero-order valence-corrected chi connectivity index (χ0v) is 22.3. The van der Waals surface area contributed by atoms with E-state index >= 15 is 0 Å². The van der Waals surface area contributed by atoms with Gasteiger partial charge in [0.25, 0.3) is 5.91 Å². The van der Waals surface area contributed by atoms with Crippen LogP contribution in [0, 0.1) is 13.8 Å². The van der Waals surface area contributed by atoms with Crippen molar-refractivity contribution in [3.63, 3.8) is 0 Å². The number of nitrogens with zero attached hydrogens (tertiary/aromatic N) is 4. The van der Waals surface area contributed by atoms with Crippen LogP contribution in [-0.2, 0) is 12.2 Å². The lowest BCUT2D eigenvalue weighted by atomic mass is 9.99. The highest BCUT2D eigenvalue weighted by Gasteiger charge is 2.19. The Labute approximate surface area is 224 Å². The van der Waals surface area contributed by atoms with Gasteiger partial charge in [-0.05, 0) is 43.0 Å². The summed E-state index contributed by atoms with van der Waals surface area (Å²) < 4.78 is 2.06. The van der Waals surface area contributed by atoms with Gasteiger partial charge in [-0.2, -0.15) is 0 Å². The molecule has 3 aromatic carbocycles. The summed E-state index contributed by atoms with van der Waals surface area (Å²) in [5.74, 6) is 1.27. The quantitative estimate of drug-likeness (QED) is 0.227. The van der Waals surface area contributed by atoms with Crippen LogP contribution in [0.25, 0.3) is 5.69 Å². The van der Waals surface area contributed by atoms with Crippen LogP contribution in [0.2, 0.25) is 0 Å². The van der Waals surface area contributed by atoms with E-state index in [1.807, 2.05) is 73.0 Å². The average Bonchev–Trinajstić information content (AvgIpc) is 3.55. The van der Waals surface area contributed by atoms with Crippen LogP contribution in [0.4, 0.5) is 0 Å². The molecule has 0 aliphatic heterocycles. The largest absolute Gasteiger partial charge is 0.344 e. The highest BCUT2D eigenvalue weighted by atomic mass is 32.2. The molecule has 186 valence electrons. The fourth-order valence-corrected chi connectivity index (χ4v) is 5.94. The minimum Gasteiger partial charge on any atom is -0.344 e. The zero-order chi connectivity index (χ0) is 25.6. The molecule has 0 saturated heterocycles. The monoisotopic (exact) mass is 525 g/mol. The molecule has 0 fully saturated rings. The first-order valence-corrected chi connectivity index (χ1v) is 13.9. The van der Waals surface area contributed by atoms with E-state index in [4.69, 9.17) is 0 Å². The smallest absolute Gasteiger partial charge is 0.271 e. The molecule has 0 aliphatic carbocycles. The predicted molar refractivity (Wildman–Crippen MR) is 149 cm³/mol. The van der Waals surface area contributed by atoms with Crippen molar-refractivity contribution < 1.29 is 4.79 Å². The second-order valence-corrected chi connectivity index (χ2v) is 10.6. The summed E-state index contributed by atoms with van der Waals surface area (Å²) in [6.45, 7) is 4.03. The van der Waals surface area contributed by atoms with Gasteiger partial charge in [0.1, 0.15) is 16.5 Å². The maximum Gasteiger partial charge on any atom is 0.271 e. The lowest BCUT2D eigenvalue weighted by molar-refractivity contribution is 0.0932. The molecule has 1 amide bonds. The van der Waals surface area contributed by atoms with Crippen molar-refractivity contribution in [3.8, 4) is 5.69 Å². The highest BCUT2D eigenvalue weighted by Crippen LogP contribution is 2.28. The highest BCUT2D eigenvalue weighted by molar-refractivity contribution is 7.98. The summed E-state index contributed by atoms with van der Waals surface area (Å²) in [5, 5.41) is 15.4. The lowest BCUT2D eigenvalue weighted by Gasteiger charge is -2.19. The first kappa shape index (κ1) is 24.9. The van der Waals surface area contributed by atoms with Gasteiger partial charge in [-0.1, -0.05) is 90.6 Å². The molecular weight excluding hydrogens is 498 g/mol. The molecule has 37 heavy (non-hydrogen) atoms. The number of para-hydroxylation sites is 1. The van der Waals surface area contributed by atoms with Gasteiger partial charge >= 0.3 is 0 Å². The Morgan fingerprint density at radius 3 is 2.41 bits per heavy atom. The Bertz CT molecular complexity index is 1480. The molecule has 5 aromatic rings. The van der Waals surface area contributed by atoms with Crippen LogP contribution in [0.15, 0.2) is 95.5 Å². The van der Waals surface area contributed by atoms with Crippen molar-refractivity contribution in [1.82, 2.24) is 25.1 Å². The summed E-state index contributed by atoms with van der Waals surface area (Å²) in [6.07, 6.45) is 0.706. The number of rotatable bonds is 9. The number of aryl methyl sites for hydroxylation is 2. The summed E-state index contributed by atoms with van der Waals surface area (Å²) in [5.41, 5.74) is 4.89. The molecular formula is C29H27N5OS2. The Balaban J connectivity index is 1.28. The summed E-state index contributed by atoms with van der Waals surface area (Å²) >= 11 is 3.05. The van der Waals surface area contributed by atoms with E-state index in [0.29, 0.717) is 17.9 Å². The molecule has 6 nitrogen and oxygen atoms in total. The summed E-state index contributed by atoms with van der Waals surface area (Å²) in [7, 11) is 0. The minimum atomic E-state index is -0.170. The van der Waals surface area contributed by atoms with Crippen molar-refractivity contribution in [3.05, 3.63) is 124 Å². The lowest BCUT2D eigenvalue weighted by Crippen LogP contribution is -2.30. The van der Waals surface area contributed by atoms with Crippen molar-refractivity contribution >= 4 is 29.0 Å². The molecule has 0 aliphatic rings. The van der Waals surface area contributed by atoms with Crippen LogP contribution in [0.5, 0.6) is 0 Å². The second-order valence-electron chi connectivity index (χ2n) is 8.69. The number of nitrogens with one attached hydrogen (secondary N) is 1. The van der Waals surface area contributed by atoms with Gasteiger partial charge in [0.15, 0.2) is 5.16 Å². The number of hydrogen-bond donors (Lipinski definition) is 1. The number of amides is 1. The number of carbonyl (C=O) groups excluding carboxylic acids is 1. The van der Waals surface area contributed by atoms with Gasteiger partial charge in [0.05, 0.1) is 17.5 Å². The molecule has 5 rings (SSSR count). The number of carbonyl (C=O) groups is 1. The van der Waals surface area contributed by atoms with E-state index in [-0.39, 0.29) is 11.9 Å². The van der Waals surface area contributed by atoms with E-state index < -0.39 is 0 Å². The van der Waals surface area contributed by atoms with E-state index in [2.05, 4.69) is 56.3 Å². The van der Waals surface area contributed by atoms with Crippen molar-refractivity contribution in [2.24, 2.45) is 0 Å². The molecule has 0 radical (unpaired) electrons. The van der Waals surface area contributed by atoms with Gasteiger partial charge in [0, 0.05) is 5.38 Å². The molecule has 1 N–H and O–H groups in total. The van der Waals surface area contributed by atoms with Crippen LogP contribution >= 0.6 is 23.1 Å². The van der Waals surface area contributed by atoms with Crippen LogP contribution in [0.1, 0.15) is 44.1 Å². The number of hydrogen-bond acceptors (Lipinski definition) is 6. The number of benzene rings is 3. The van der Waals surface area contributed by atoms with E-state index in [0.717, 1.165) is 32.8 Å². The van der Waals surface area contributed by atoms with Gasteiger partial charge in [-0.3, -0.25) is 9.36 Å². The Morgan fingerprint density at radius 1 is 0.946 bits per heavy atom. The molecule has 0 spiro atoms. The van der Waals surface area contributed by atoms with Gasteiger partial charge in [-0.25, -0.2) is 4.98 Å². The Morgan fingerprint density at radius 2 is 1.65 bits per heavy atom.